The highest BCUT2D eigenvalue weighted by molar-refractivity contribution is 5.61. The molecule has 0 bridgehead atoms. The fraction of sp³-hybridized carbons (Fsp3) is 0.364. The van der Waals surface area contributed by atoms with Crippen molar-refractivity contribution in [2.45, 2.75) is 31.8 Å². The summed E-state index contributed by atoms with van der Waals surface area (Å²) in [5, 5.41) is 4.31. The van der Waals surface area contributed by atoms with Crippen LogP contribution in [0.2, 0.25) is 0 Å². The van der Waals surface area contributed by atoms with Gasteiger partial charge in [0.25, 0.3) is 0 Å². The van der Waals surface area contributed by atoms with Gasteiger partial charge in [0, 0.05) is 43.2 Å². The Kier molecular flexibility index (Phi) is 5.21. The van der Waals surface area contributed by atoms with Crippen LogP contribution >= 0.6 is 0 Å². The number of rotatable bonds is 5. The summed E-state index contributed by atoms with van der Waals surface area (Å²) >= 11 is 0. The maximum absolute atomic E-state index is 5.33. The van der Waals surface area contributed by atoms with Crippen LogP contribution in [0, 0.1) is 0 Å². The number of likely N-dealkylation sites (tertiary alicyclic amines) is 1. The zero-order chi connectivity index (χ0) is 18.6. The molecule has 0 aliphatic carbocycles. The molecule has 1 atom stereocenters. The lowest BCUT2D eigenvalue weighted by Crippen LogP contribution is -2.32. The number of hydrogen-bond donors (Lipinski definition) is 0. The molecule has 0 radical (unpaired) electrons. The summed E-state index contributed by atoms with van der Waals surface area (Å²) < 4.78 is 7.20. The van der Waals surface area contributed by atoms with Gasteiger partial charge in [-0.1, -0.05) is 24.6 Å². The van der Waals surface area contributed by atoms with Gasteiger partial charge in [0.1, 0.15) is 5.75 Å². The Morgan fingerprint density at radius 2 is 2.07 bits per heavy atom. The van der Waals surface area contributed by atoms with Gasteiger partial charge in [-0.25, -0.2) is 0 Å². The first kappa shape index (κ1) is 17.7. The summed E-state index contributed by atoms with van der Waals surface area (Å²) in [7, 11) is 3.66. The molecule has 1 aliphatic rings. The fourth-order valence-electron chi connectivity index (χ4n) is 3.90. The van der Waals surface area contributed by atoms with Crippen molar-refractivity contribution in [2.75, 3.05) is 13.7 Å². The highest BCUT2D eigenvalue weighted by Crippen LogP contribution is 2.32. The summed E-state index contributed by atoms with van der Waals surface area (Å²) in [4.78, 5) is 7.30. The molecule has 0 saturated carbocycles. The van der Waals surface area contributed by atoms with Crippen molar-refractivity contribution in [3.05, 3.63) is 66.1 Å². The highest BCUT2D eigenvalue weighted by atomic mass is 16.5. The van der Waals surface area contributed by atoms with Crippen molar-refractivity contribution in [3.8, 4) is 17.0 Å². The molecule has 0 unspecified atom stereocenters. The number of pyridine rings is 1. The Morgan fingerprint density at radius 1 is 1.15 bits per heavy atom. The van der Waals surface area contributed by atoms with Gasteiger partial charge in [0.15, 0.2) is 0 Å². The topological polar surface area (TPSA) is 43.2 Å². The zero-order valence-corrected chi connectivity index (χ0v) is 16.0. The predicted octanol–water partition coefficient (Wildman–Crippen LogP) is 4.22. The minimum atomic E-state index is 0.422. The van der Waals surface area contributed by atoms with Gasteiger partial charge >= 0.3 is 0 Å². The maximum atomic E-state index is 5.33. The van der Waals surface area contributed by atoms with Crippen LogP contribution in [0.1, 0.15) is 36.4 Å². The van der Waals surface area contributed by atoms with E-state index in [0.717, 1.165) is 30.1 Å². The normalized spacial score (nSPS) is 17.8. The fourth-order valence-corrected chi connectivity index (χ4v) is 3.90. The first-order valence-electron chi connectivity index (χ1n) is 9.55. The minimum Gasteiger partial charge on any atom is -0.497 e. The number of aromatic nitrogens is 3. The summed E-state index contributed by atoms with van der Waals surface area (Å²) in [6, 6.07) is 12.8. The molecule has 2 aromatic heterocycles. The molecular weight excluding hydrogens is 336 g/mol. The Balaban J connectivity index is 1.53. The quantitative estimate of drug-likeness (QED) is 0.682. The van der Waals surface area contributed by atoms with Crippen molar-refractivity contribution in [1.29, 1.82) is 0 Å². The molecule has 1 saturated heterocycles. The molecule has 0 N–H and O–H groups in total. The van der Waals surface area contributed by atoms with Gasteiger partial charge in [0.05, 0.1) is 19.0 Å². The smallest absolute Gasteiger partial charge is 0.119 e. The van der Waals surface area contributed by atoms with Gasteiger partial charge in [-0.15, -0.1) is 0 Å². The Hall–Kier alpha value is -2.66. The third-order valence-electron chi connectivity index (χ3n) is 5.29. The Morgan fingerprint density at radius 3 is 2.81 bits per heavy atom. The minimum absolute atomic E-state index is 0.422. The number of benzene rings is 1. The van der Waals surface area contributed by atoms with E-state index in [1.54, 1.807) is 7.11 Å². The number of nitrogens with zero attached hydrogens (tertiary/aromatic N) is 4. The average molecular weight is 362 g/mol. The monoisotopic (exact) mass is 362 g/mol. The van der Waals surface area contributed by atoms with E-state index in [4.69, 9.17) is 9.72 Å². The van der Waals surface area contributed by atoms with E-state index in [-0.39, 0.29) is 0 Å². The molecule has 4 rings (SSSR count). The third kappa shape index (κ3) is 4.03. The Bertz CT molecular complexity index is 887. The van der Waals surface area contributed by atoms with E-state index in [0.29, 0.717) is 6.04 Å². The molecule has 0 spiro atoms. The largest absolute Gasteiger partial charge is 0.497 e. The molecule has 5 nitrogen and oxygen atoms in total. The number of piperidine rings is 1. The SMILES string of the molecule is COc1cccc(-c2ccc([C@@H]3CCCCN3Cc3cnn(C)c3)cn2)c1. The van der Waals surface area contributed by atoms with E-state index in [9.17, 15) is 0 Å². The molecule has 140 valence electrons. The average Bonchev–Trinajstić information content (AvgIpc) is 3.13. The lowest BCUT2D eigenvalue weighted by atomic mass is 9.95. The van der Waals surface area contributed by atoms with Crippen molar-refractivity contribution < 1.29 is 4.74 Å². The van der Waals surface area contributed by atoms with Gasteiger partial charge in [-0.05, 0) is 43.1 Å². The summed E-state index contributed by atoms with van der Waals surface area (Å²) in [6.07, 6.45) is 9.82. The van der Waals surface area contributed by atoms with Crippen molar-refractivity contribution in [3.63, 3.8) is 0 Å². The summed E-state index contributed by atoms with van der Waals surface area (Å²) in [6.45, 7) is 2.06. The number of aryl methyl sites for hydroxylation is 1. The van der Waals surface area contributed by atoms with Crippen LogP contribution in [0.4, 0.5) is 0 Å². The highest BCUT2D eigenvalue weighted by Gasteiger charge is 2.24. The molecule has 0 amide bonds. The standard InChI is InChI=1S/C22H26N4O/c1-25-15-17(13-24-25)16-26-11-4-3-8-22(26)19-9-10-21(23-14-19)18-6-5-7-20(12-18)27-2/h5-7,9-10,12-15,22H,3-4,8,11,16H2,1-2H3/t22-/m0/s1. The van der Waals surface area contributed by atoms with Crippen LogP contribution in [0.25, 0.3) is 11.3 Å². The van der Waals surface area contributed by atoms with E-state index >= 15 is 0 Å². The van der Waals surface area contributed by atoms with Gasteiger partial charge < -0.3 is 4.74 Å². The second-order valence-corrected chi connectivity index (χ2v) is 7.21. The van der Waals surface area contributed by atoms with Gasteiger partial charge in [-0.3, -0.25) is 14.6 Å². The first-order valence-corrected chi connectivity index (χ1v) is 9.55. The molecule has 5 heteroatoms. The van der Waals surface area contributed by atoms with Crippen LogP contribution in [0.5, 0.6) is 5.75 Å². The van der Waals surface area contributed by atoms with E-state index in [2.05, 4.69) is 34.4 Å². The van der Waals surface area contributed by atoms with Crippen LogP contribution in [0.15, 0.2) is 55.0 Å². The molecule has 1 aliphatic heterocycles. The summed E-state index contributed by atoms with van der Waals surface area (Å²) in [5.41, 5.74) is 4.62. The van der Waals surface area contributed by atoms with E-state index in [1.807, 2.05) is 42.3 Å². The molecular formula is C22H26N4O. The molecule has 3 heterocycles. The van der Waals surface area contributed by atoms with Crippen LogP contribution in [0.3, 0.4) is 0 Å². The molecule has 27 heavy (non-hydrogen) atoms. The van der Waals surface area contributed by atoms with Crippen molar-refractivity contribution >= 4 is 0 Å². The number of hydrogen-bond acceptors (Lipinski definition) is 4. The molecule has 1 fully saturated rings. The molecule has 1 aromatic carbocycles. The second-order valence-electron chi connectivity index (χ2n) is 7.21. The Labute approximate surface area is 160 Å². The number of ether oxygens (including phenoxy) is 1. The second kappa shape index (κ2) is 7.92. The van der Waals surface area contributed by atoms with Crippen molar-refractivity contribution in [2.24, 2.45) is 7.05 Å². The van der Waals surface area contributed by atoms with Crippen LogP contribution < -0.4 is 4.74 Å². The predicted molar refractivity (Wildman–Crippen MR) is 106 cm³/mol. The maximum Gasteiger partial charge on any atom is 0.119 e. The van der Waals surface area contributed by atoms with Gasteiger partial charge in [0.2, 0.25) is 0 Å². The number of methoxy groups -OCH3 is 1. The van der Waals surface area contributed by atoms with Crippen LogP contribution in [-0.2, 0) is 13.6 Å². The lowest BCUT2D eigenvalue weighted by molar-refractivity contribution is 0.140. The summed E-state index contributed by atoms with van der Waals surface area (Å²) in [5.74, 6) is 0.855. The van der Waals surface area contributed by atoms with Crippen LogP contribution in [-0.4, -0.2) is 33.3 Å². The first-order chi connectivity index (χ1) is 13.2. The third-order valence-corrected chi connectivity index (χ3v) is 5.29. The van der Waals surface area contributed by atoms with Gasteiger partial charge in [-0.2, -0.15) is 5.10 Å². The van der Waals surface area contributed by atoms with E-state index < -0.39 is 0 Å². The lowest BCUT2D eigenvalue weighted by Gasteiger charge is -2.35. The van der Waals surface area contributed by atoms with Crippen molar-refractivity contribution in [1.82, 2.24) is 19.7 Å². The zero-order valence-electron chi connectivity index (χ0n) is 16.0. The molecule has 3 aromatic rings. The van der Waals surface area contributed by atoms with E-state index in [1.165, 1.54) is 30.4 Å².